The SMILES string of the molecule is C.CC(=O)C(C)(C)CC(=O)O.CC(=O)CC(C)(C)C(=O)O.CC(=O)CCN.CC(=O)CN.CNC(=O)OCc1ccccc1. The van der Waals surface area contributed by atoms with Gasteiger partial charge in [0.05, 0.1) is 18.4 Å². The molecule has 0 unspecified atom stereocenters. The van der Waals surface area contributed by atoms with Crippen molar-refractivity contribution in [3.63, 3.8) is 0 Å². The van der Waals surface area contributed by atoms with Gasteiger partial charge in [0.1, 0.15) is 29.7 Å². The number of ketones is 4. The van der Waals surface area contributed by atoms with Gasteiger partial charge in [-0.1, -0.05) is 51.6 Å². The first-order chi connectivity index (χ1) is 19.6. The second-order valence-corrected chi connectivity index (χ2v) is 10.5. The second-order valence-electron chi connectivity index (χ2n) is 10.5. The number of hydrogen-bond donors (Lipinski definition) is 5. The van der Waals surface area contributed by atoms with Crippen LogP contribution >= 0.6 is 0 Å². The molecule has 0 bridgehead atoms. The Bertz CT molecular complexity index is 969. The highest BCUT2D eigenvalue weighted by molar-refractivity contribution is 5.86. The van der Waals surface area contributed by atoms with Crippen LogP contribution in [0.2, 0.25) is 0 Å². The lowest BCUT2D eigenvalue weighted by atomic mass is 9.85. The number of ether oxygens (including phenoxy) is 1. The molecule has 1 rings (SSSR count). The summed E-state index contributed by atoms with van der Waals surface area (Å²) in [6.45, 7) is 13.1. The van der Waals surface area contributed by atoms with Crippen molar-refractivity contribution in [2.75, 3.05) is 20.1 Å². The highest BCUT2D eigenvalue weighted by Crippen LogP contribution is 2.21. The molecule has 0 spiro atoms. The van der Waals surface area contributed by atoms with Crippen LogP contribution in [0.3, 0.4) is 0 Å². The van der Waals surface area contributed by atoms with Crippen molar-refractivity contribution in [2.45, 2.75) is 88.7 Å². The lowest BCUT2D eigenvalue weighted by Crippen LogP contribution is -2.25. The first kappa shape index (κ1) is 49.7. The van der Waals surface area contributed by atoms with Crippen LogP contribution in [0.4, 0.5) is 4.79 Å². The standard InChI is InChI=1S/C9H11NO2.2C7H12O3.C4H9NO.C3H7NO.CH4/c1-10-9(11)12-7-8-5-3-2-4-6-8;1-5(8)7(2,3)4-6(9)10;1-5(8)4-7(2,3)6(9)10;1-4(6)2-3-5;1-3(5)2-4;/h2-6H,7H2,1H3,(H,10,11);2*4H2,1-3H3,(H,9,10);2-3,5H2,1H3;2,4H2,1H3;1H4. The van der Waals surface area contributed by atoms with Gasteiger partial charge in [0, 0.05) is 25.3 Å². The molecule has 0 saturated carbocycles. The van der Waals surface area contributed by atoms with E-state index in [4.69, 9.17) is 26.4 Å². The number of carboxylic acid groups (broad SMARTS) is 2. The maximum atomic E-state index is 10.7. The summed E-state index contributed by atoms with van der Waals surface area (Å²) in [5.41, 5.74) is 9.19. The number of aliphatic carboxylic acids is 2. The summed E-state index contributed by atoms with van der Waals surface area (Å²) in [5, 5.41) is 19.3. The molecule has 44 heavy (non-hydrogen) atoms. The smallest absolute Gasteiger partial charge is 0.407 e. The van der Waals surface area contributed by atoms with Crippen molar-refractivity contribution in [3.8, 4) is 0 Å². The van der Waals surface area contributed by atoms with E-state index in [0.29, 0.717) is 19.6 Å². The van der Waals surface area contributed by atoms with E-state index in [2.05, 4.69) is 5.32 Å². The summed E-state index contributed by atoms with van der Waals surface area (Å²) in [7, 11) is 1.54. The molecule has 0 aromatic heterocycles. The van der Waals surface area contributed by atoms with Gasteiger partial charge in [0.2, 0.25) is 0 Å². The highest BCUT2D eigenvalue weighted by atomic mass is 16.5. The first-order valence-corrected chi connectivity index (χ1v) is 13.3. The van der Waals surface area contributed by atoms with Crippen LogP contribution in [-0.4, -0.2) is 71.5 Å². The Labute approximate surface area is 262 Å². The fraction of sp³-hybridized carbons (Fsp3) is 0.581. The predicted octanol–water partition coefficient (Wildman–Crippen LogP) is 3.79. The van der Waals surface area contributed by atoms with Gasteiger partial charge in [-0.05, 0) is 53.7 Å². The number of nitrogens with two attached hydrogens (primary N) is 2. The summed E-state index contributed by atoms with van der Waals surface area (Å²) in [4.78, 5) is 72.1. The highest BCUT2D eigenvalue weighted by Gasteiger charge is 2.28. The number of carboxylic acids is 2. The predicted molar refractivity (Wildman–Crippen MR) is 170 cm³/mol. The molecule has 1 aromatic carbocycles. The Kier molecular flexibility index (Phi) is 31.4. The number of carbonyl (C=O) groups excluding carboxylic acids is 5. The molecule has 1 amide bonds. The average Bonchev–Trinajstić information content (AvgIpc) is 2.87. The van der Waals surface area contributed by atoms with E-state index in [9.17, 15) is 33.6 Å². The van der Waals surface area contributed by atoms with E-state index in [1.165, 1.54) is 48.6 Å². The molecule has 13 nitrogen and oxygen atoms in total. The summed E-state index contributed by atoms with van der Waals surface area (Å²) in [5.74, 6) is -1.84. The minimum Gasteiger partial charge on any atom is -0.481 e. The van der Waals surface area contributed by atoms with E-state index < -0.39 is 28.9 Å². The fourth-order valence-electron chi connectivity index (χ4n) is 2.20. The first-order valence-electron chi connectivity index (χ1n) is 13.3. The minimum atomic E-state index is -0.930. The van der Waals surface area contributed by atoms with Gasteiger partial charge in [-0.3, -0.25) is 28.8 Å². The summed E-state index contributed by atoms with van der Waals surface area (Å²) in [6, 6.07) is 9.54. The molecule has 1 aromatic rings. The van der Waals surface area contributed by atoms with Crippen LogP contribution in [0, 0.1) is 10.8 Å². The van der Waals surface area contributed by atoms with E-state index >= 15 is 0 Å². The van der Waals surface area contributed by atoms with Crippen LogP contribution in [0.25, 0.3) is 0 Å². The molecule has 0 aliphatic rings. The third-order valence-electron chi connectivity index (χ3n) is 5.02. The zero-order chi connectivity index (χ0) is 34.8. The molecule has 0 aliphatic heterocycles. The van der Waals surface area contributed by atoms with Gasteiger partial charge in [-0.25, -0.2) is 4.79 Å². The summed E-state index contributed by atoms with van der Waals surface area (Å²) < 4.78 is 4.83. The Balaban J connectivity index is -0.000000148. The molecule has 254 valence electrons. The maximum Gasteiger partial charge on any atom is 0.407 e. The van der Waals surface area contributed by atoms with Gasteiger partial charge in [0.15, 0.2) is 0 Å². The van der Waals surface area contributed by atoms with E-state index in [1.54, 1.807) is 13.8 Å². The average molecular weight is 630 g/mol. The fourth-order valence-corrected chi connectivity index (χ4v) is 2.20. The zero-order valence-corrected chi connectivity index (χ0v) is 26.9. The zero-order valence-electron chi connectivity index (χ0n) is 26.9. The summed E-state index contributed by atoms with van der Waals surface area (Å²) in [6.07, 6.45) is 0.115. The number of rotatable bonds is 11. The third kappa shape index (κ3) is 36.1. The molecular formula is C31H55N3O10. The lowest BCUT2D eigenvalue weighted by molar-refractivity contribution is -0.149. The van der Waals surface area contributed by atoms with Crippen LogP contribution in [-0.2, 0) is 40.1 Å². The van der Waals surface area contributed by atoms with Crippen molar-refractivity contribution in [3.05, 3.63) is 35.9 Å². The van der Waals surface area contributed by atoms with Gasteiger partial charge in [-0.15, -0.1) is 0 Å². The maximum absolute atomic E-state index is 10.7. The lowest BCUT2D eigenvalue weighted by Gasteiger charge is -2.17. The van der Waals surface area contributed by atoms with Crippen molar-refractivity contribution in [2.24, 2.45) is 22.3 Å². The Morgan fingerprint density at radius 2 is 1.23 bits per heavy atom. The second kappa shape index (κ2) is 27.8. The van der Waals surface area contributed by atoms with E-state index in [0.717, 1.165) is 5.56 Å². The molecule has 13 heteroatoms. The van der Waals surface area contributed by atoms with Crippen LogP contribution in [0.1, 0.15) is 87.6 Å². The molecule has 7 N–H and O–H groups in total. The Morgan fingerprint density at radius 3 is 1.43 bits per heavy atom. The Hall–Kier alpha value is -3.97. The minimum absolute atomic E-state index is 0. The molecule has 0 aliphatic carbocycles. The number of benzene rings is 1. The van der Waals surface area contributed by atoms with Crippen molar-refractivity contribution in [1.82, 2.24) is 5.32 Å². The van der Waals surface area contributed by atoms with Crippen LogP contribution in [0.15, 0.2) is 30.3 Å². The largest absolute Gasteiger partial charge is 0.481 e. The number of Topliss-reactive ketones (excluding diaryl/α,β-unsaturated/α-hetero) is 4. The van der Waals surface area contributed by atoms with Crippen LogP contribution < -0.4 is 16.8 Å². The number of nitrogens with one attached hydrogen (secondary N) is 1. The van der Waals surface area contributed by atoms with Gasteiger partial charge < -0.3 is 31.7 Å². The number of hydrogen-bond acceptors (Lipinski definition) is 10. The van der Waals surface area contributed by atoms with Crippen molar-refractivity contribution >= 4 is 41.2 Å². The monoisotopic (exact) mass is 629 g/mol. The topological polar surface area (TPSA) is 233 Å². The number of carbonyl (C=O) groups is 7. The van der Waals surface area contributed by atoms with Gasteiger partial charge >= 0.3 is 18.0 Å². The molecule has 0 heterocycles. The third-order valence-corrected chi connectivity index (χ3v) is 5.02. The van der Waals surface area contributed by atoms with Gasteiger partial charge in [0.25, 0.3) is 0 Å². The Morgan fingerprint density at radius 1 is 0.773 bits per heavy atom. The summed E-state index contributed by atoms with van der Waals surface area (Å²) >= 11 is 0. The van der Waals surface area contributed by atoms with Crippen molar-refractivity contribution in [1.29, 1.82) is 0 Å². The van der Waals surface area contributed by atoms with Crippen LogP contribution in [0.5, 0.6) is 0 Å². The molecule has 0 radical (unpaired) electrons. The molecular weight excluding hydrogens is 574 g/mol. The van der Waals surface area contributed by atoms with E-state index in [1.807, 2.05) is 30.3 Å². The molecule has 0 saturated heterocycles. The normalized spacial score (nSPS) is 9.52. The van der Waals surface area contributed by atoms with Crippen molar-refractivity contribution < 1.29 is 48.5 Å². The number of amides is 1. The van der Waals surface area contributed by atoms with Gasteiger partial charge in [-0.2, -0.15) is 0 Å². The van der Waals surface area contributed by atoms with E-state index in [-0.39, 0.29) is 49.9 Å². The quantitative estimate of drug-likeness (QED) is 0.235. The molecule has 0 atom stereocenters. The molecule has 0 fully saturated rings. The number of alkyl carbamates (subject to hydrolysis) is 1.